The molecule has 0 aliphatic carbocycles. The van der Waals surface area contributed by atoms with Crippen molar-refractivity contribution in [2.24, 2.45) is 5.73 Å². The Morgan fingerprint density at radius 2 is 1.30 bits per heavy atom. The minimum Gasteiger partial charge on any atom is -0.399 e. The monoisotopic (exact) mass is 143 g/mol. The third-order valence-corrected chi connectivity index (χ3v) is 1.20. The molecule has 0 saturated carbocycles. The molecule has 0 saturated heterocycles. The molecule has 0 aromatic heterocycles. The van der Waals surface area contributed by atoms with E-state index in [0.29, 0.717) is 0 Å². The molecular formula is C7H17N3. The fraction of sp³-hybridized carbons (Fsp3) is 0.714. The van der Waals surface area contributed by atoms with E-state index in [2.05, 4.69) is 0 Å². The van der Waals surface area contributed by atoms with Gasteiger partial charge >= 0.3 is 0 Å². The van der Waals surface area contributed by atoms with Gasteiger partial charge in [0, 0.05) is 33.9 Å². The third kappa shape index (κ3) is 2.17. The molecule has 0 aliphatic rings. The summed E-state index contributed by atoms with van der Waals surface area (Å²) in [5, 5.41) is 0. The first-order chi connectivity index (χ1) is 4.46. The van der Waals surface area contributed by atoms with Crippen molar-refractivity contribution in [1.82, 2.24) is 9.80 Å². The van der Waals surface area contributed by atoms with Crippen molar-refractivity contribution in [1.29, 1.82) is 0 Å². The molecular weight excluding hydrogens is 126 g/mol. The van der Waals surface area contributed by atoms with Gasteiger partial charge < -0.3 is 15.5 Å². The molecule has 0 bridgehead atoms. The normalized spacial score (nSPS) is 8.90. The number of nitrogens with two attached hydrogens (primary N) is 1. The van der Waals surface area contributed by atoms with Gasteiger partial charge in [0.2, 0.25) is 0 Å². The van der Waals surface area contributed by atoms with E-state index in [9.17, 15) is 0 Å². The summed E-state index contributed by atoms with van der Waals surface area (Å²) in [6, 6.07) is 0. The van der Waals surface area contributed by atoms with Gasteiger partial charge in [-0.3, -0.25) is 0 Å². The summed E-state index contributed by atoms with van der Waals surface area (Å²) >= 11 is 0. The van der Waals surface area contributed by atoms with Crippen LogP contribution in [0.1, 0.15) is 6.92 Å². The maximum Gasteiger partial charge on any atom is 0.122 e. The summed E-state index contributed by atoms with van der Waals surface area (Å²) in [7, 11) is 7.91. The molecule has 0 aromatic carbocycles. The maximum atomic E-state index is 5.63. The van der Waals surface area contributed by atoms with Gasteiger partial charge in [0.25, 0.3) is 0 Å². The first kappa shape index (κ1) is 9.14. The molecule has 0 aliphatic heterocycles. The van der Waals surface area contributed by atoms with E-state index < -0.39 is 0 Å². The lowest BCUT2D eigenvalue weighted by Gasteiger charge is -2.25. The highest BCUT2D eigenvalue weighted by molar-refractivity contribution is 5.04. The van der Waals surface area contributed by atoms with Crippen LogP contribution in [0.25, 0.3) is 0 Å². The molecule has 0 atom stereocenters. The zero-order valence-corrected chi connectivity index (χ0v) is 7.47. The number of rotatable bonds is 2. The van der Waals surface area contributed by atoms with Crippen molar-refractivity contribution >= 4 is 0 Å². The predicted molar refractivity (Wildman–Crippen MR) is 44.3 cm³/mol. The summed E-state index contributed by atoms with van der Waals surface area (Å²) in [6.07, 6.45) is 0. The van der Waals surface area contributed by atoms with Crippen LogP contribution in [0.2, 0.25) is 0 Å². The zero-order valence-electron chi connectivity index (χ0n) is 7.47. The Morgan fingerprint density at radius 1 is 1.00 bits per heavy atom. The van der Waals surface area contributed by atoms with Crippen LogP contribution < -0.4 is 5.73 Å². The topological polar surface area (TPSA) is 32.5 Å². The molecule has 0 unspecified atom stereocenters. The number of nitrogens with zero attached hydrogens (tertiary/aromatic N) is 2. The van der Waals surface area contributed by atoms with Crippen LogP contribution in [0.3, 0.4) is 0 Å². The minimum atomic E-state index is 0.843. The minimum absolute atomic E-state index is 0.843. The molecule has 3 heteroatoms. The van der Waals surface area contributed by atoms with Crippen molar-refractivity contribution in [3.8, 4) is 0 Å². The van der Waals surface area contributed by atoms with Gasteiger partial charge in [-0.2, -0.15) is 0 Å². The van der Waals surface area contributed by atoms with E-state index in [1.165, 1.54) is 0 Å². The van der Waals surface area contributed by atoms with Crippen molar-refractivity contribution in [2.75, 3.05) is 28.2 Å². The fourth-order valence-corrected chi connectivity index (χ4v) is 1.11. The van der Waals surface area contributed by atoms with Crippen LogP contribution in [0.15, 0.2) is 11.5 Å². The molecule has 3 nitrogen and oxygen atoms in total. The average molecular weight is 143 g/mol. The van der Waals surface area contributed by atoms with Crippen molar-refractivity contribution in [3.05, 3.63) is 11.5 Å². The van der Waals surface area contributed by atoms with Gasteiger partial charge in [0.15, 0.2) is 0 Å². The highest BCUT2D eigenvalue weighted by atomic mass is 15.3. The second kappa shape index (κ2) is 3.34. The third-order valence-electron chi connectivity index (χ3n) is 1.20. The summed E-state index contributed by atoms with van der Waals surface area (Å²) in [5.74, 6) is 1.06. The van der Waals surface area contributed by atoms with Crippen LogP contribution in [-0.2, 0) is 0 Å². The number of allylic oxidation sites excluding steroid dienone is 1. The Labute approximate surface area is 63.1 Å². The quantitative estimate of drug-likeness (QED) is 0.601. The molecule has 0 amide bonds. The zero-order chi connectivity index (χ0) is 8.31. The van der Waals surface area contributed by atoms with Crippen molar-refractivity contribution in [3.63, 3.8) is 0 Å². The first-order valence-corrected chi connectivity index (χ1v) is 3.27. The largest absolute Gasteiger partial charge is 0.399 e. The lowest BCUT2D eigenvalue weighted by atomic mass is 10.4. The molecule has 2 N–H and O–H groups in total. The summed E-state index contributed by atoms with van der Waals surface area (Å²) in [6.45, 7) is 1.90. The molecule has 0 aromatic rings. The van der Waals surface area contributed by atoms with E-state index in [1.807, 2.05) is 44.9 Å². The van der Waals surface area contributed by atoms with Gasteiger partial charge in [0.05, 0.1) is 0 Å². The Kier molecular flexibility index (Phi) is 3.06. The highest BCUT2D eigenvalue weighted by Crippen LogP contribution is 2.03. The van der Waals surface area contributed by atoms with Crippen LogP contribution in [0.5, 0.6) is 0 Å². The Hall–Kier alpha value is -0.860. The molecule has 0 heterocycles. The van der Waals surface area contributed by atoms with Crippen LogP contribution in [0.4, 0.5) is 0 Å². The molecule has 0 spiro atoms. The average Bonchev–Trinajstić information content (AvgIpc) is 1.59. The van der Waals surface area contributed by atoms with Crippen molar-refractivity contribution < 1.29 is 0 Å². The number of hydrogen-bond donors (Lipinski definition) is 1. The second-order valence-corrected chi connectivity index (χ2v) is 2.80. The van der Waals surface area contributed by atoms with E-state index >= 15 is 0 Å². The van der Waals surface area contributed by atoms with Gasteiger partial charge in [-0.05, 0) is 6.92 Å². The summed E-state index contributed by atoms with van der Waals surface area (Å²) in [5.41, 5.74) is 6.48. The van der Waals surface area contributed by atoms with Crippen molar-refractivity contribution in [2.45, 2.75) is 6.92 Å². The van der Waals surface area contributed by atoms with E-state index in [0.717, 1.165) is 11.5 Å². The molecule has 0 radical (unpaired) electrons. The predicted octanol–water partition coefficient (Wildman–Crippen LogP) is 0.257. The molecule has 60 valence electrons. The number of hydrogen-bond acceptors (Lipinski definition) is 3. The fourth-order valence-electron chi connectivity index (χ4n) is 1.11. The van der Waals surface area contributed by atoms with Crippen LogP contribution in [-0.4, -0.2) is 38.0 Å². The summed E-state index contributed by atoms with van der Waals surface area (Å²) < 4.78 is 0. The van der Waals surface area contributed by atoms with E-state index in [4.69, 9.17) is 5.73 Å². The lowest BCUT2D eigenvalue weighted by molar-refractivity contribution is 0.335. The standard InChI is InChI=1S/C7H17N3/c1-6(8)7(9(2)3)10(4)5/h8H2,1-5H3. The Bertz CT molecular complexity index is 122. The lowest BCUT2D eigenvalue weighted by Crippen LogP contribution is -2.27. The van der Waals surface area contributed by atoms with E-state index in [1.54, 1.807) is 0 Å². The molecule has 0 rings (SSSR count). The first-order valence-electron chi connectivity index (χ1n) is 3.27. The Balaban J connectivity index is 4.44. The van der Waals surface area contributed by atoms with Crippen LogP contribution in [0, 0.1) is 0 Å². The summed E-state index contributed by atoms with van der Waals surface area (Å²) in [4.78, 5) is 3.99. The van der Waals surface area contributed by atoms with Gasteiger partial charge in [-0.25, -0.2) is 0 Å². The van der Waals surface area contributed by atoms with E-state index in [-0.39, 0.29) is 0 Å². The smallest absolute Gasteiger partial charge is 0.122 e. The second-order valence-electron chi connectivity index (χ2n) is 2.80. The molecule has 10 heavy (non-hydrogen) atoms. The Morgan fingerprint density at radius 3 is 1.30 bits per heavy atom. The molecule has 0 fully saturated rings. The maximum absolute atomic E-state index is 5.63. The van der Waals surface area contributed by atoms with Gasteiger partial charge in [-0.15, -0.1) is 0 Å². The SMILES string of the molecule is CC(N)=C(N(C)C)N(C)C. The van der Waals surface area contributed by atoms with Gasteiger partial charge in [-0.1, -0.05) is 0 Å². The van der Waals surface area contributed by atoms with Crippen LogP contribution >= 0.6 is 0 Å². The van der Waals surface area contributed by atoms with Gasteiger partial charge in [0.1, 0.15) is 5.82 Å². The highest BCUT2D eigenvalue weighted by Gasteiger charge is 2.03.